The van der Waals surface area contributed by atoms with Crippen molar-refractivity contribution < 1.29 is 8.83 Å². The van der Waals surface area contributed by atoms with Crippen molar-refractivity contribution in [2.45, 2.75) is 5.92 Å². The third-order valence-corrected chi connectivity index (χ3v) is 12.0. The fourth-order valence-corrected chi connectivity index (χ4v) is 9.23. The molecular formula is C54H35NO2. The monoisotopic (exact) mass is 729 g/mol. The lowest BCUT2D eigenvalue weighted by molar-refractivity contribution is 0.492. The summed E-state index contributed by atoms with van der Waals surface area (Å²) in [5.74, 6) is 1.58. The Morgan fingerprint density at radius 2 is 1.16 bits per heavy atom. The molecule has 0 N–H and O–H groups in total. The standard InChI is InChI=1S/C54H35NO2/c1-3-13-43-35(9-1)19-20-39-31-37(24-28-44(39)43)34-21-25-40(26-22-34)55(42-27-30-51-49(33-42)47-15-5-6-17-50(47)56-51)41-12-7-11-38(32-41)45-16-8-18-52-53(45)48-29-23-36-10-2-4-14-46(36)54(48)57-52/h1-33,36,46H. The first-order valence-electron chi connectivity index (χ1n) is 19.7. The highest BCUT2D eigenvalue weighted by atomic mass is 16.3. The second kappa shape index (κ2) is 12.6. The number of nitrogens with zero attached hydrogens (tertiary/aromatic N) is 1. The van der Waals surface area contributed by atoms with E-state index in [1.54, 1.807) is 0 Å². The van der Waals surface area contributed by atoms with Crippen molar-refractivity contribution in [3.63, 3.8) is 0 Å². The highest BCUT2D eigenvalue weighted by molar-refractivity contribution is 6.09. The molecule has 0 amide bonds. The van der Waals surface area contributed by atoms with Crippen molar-refractivity contribution in [3.05, 3.63) is 205 Å². The molecule has 2 heterocycles. The van der Waals surface area contributed by atoms with Gasteiger partial charge in [-0.25, -0.2) is 0 Å². The van der Waals surface area contributed by atoms with Crippen LogP contribution >= 0.6 is 0 Å². The molecule has 57 heavy (non-hydrogen) atoms. The zero-order valence-corrected chi connectivity index (χ0v) is 31.0. The molecule has 2 aliphatic rings. The van der Waals surface area contributed by atoms with E-state index in [9.17, 15) is 0 Å². The van der Waals surface area contributed by atoms with Crippen LogP contribution in [0.1, 0.15) is 17.2 Å². The molecule has 2 aromatic heterocycles. The molecule has 3 nitrogen and oxygen atoms in total. The zero-order valence-electron chi connectivity index (χ0n) is 31.0. The number of rotatable bonds is 5. The van der Waals surface area contributed by atoms with Crippen molar-refractivity contribution in [1.29, 1.82) is 0 Å². The Hall–Kier alpha value is -7.36. The van der Waals surface area contributed by atoms with Crippen LogP contribution in [0.4, 0.5) is 17.1 Å². The molecule has 0 fully saturated rings. The van der Waals surface area contributed by atoms with Gasteiger partial charge >= 0.3 is 0 Å². The average Bonchev–Trinajstić information content (AvgIpc) is 3.85. The number of allylic oxidation sites excluding steroid dienone is 5. The van der Waals surface area contributed by atoms with E-state index in [1.165, 1.54) is 38.2 Å². The van der Waals surface area contributed by atoms with Gasteiger partial charge in [0.15, 0.2) is 0 Å². The first-order valence-corrected chi connectivity index (χ1v) is 19.7. The van der Waals surface area contributed by atoms with Crippen LogP contribution in [-0.2, 0) is 0 Å². The highest BCUT2D eigenvalue weighted by Crippen LogP contribution is 2.46. The van der Waals surface area contributed by atoms with Crippen molar-refractivity contribution in [2.75, 3.05) is 4.90 Å². The minimum Gasteiger partial charge on any atom is -0.460 e. The van der Waals surface area contributed by atoms with Crippen LogP contribution in [0.5, 0.6) is 0 Å². The smallest absolute Gasteiger partial charge is 0.135 e. The molecule has 0 bridgehead atoms. The first kappa shape index (κ1) is 31.9. The summed E-state index contributed by atoms with van der Waals surface area (Å²) in [7, 11) is 0. The van der Waals surface area contributed by atoms with Gasteiger partial charge in [0, 0.05) is 50.6 Å². The van der Waals surface area contributed by atoms with E-state index in [4.69, 9.17) is 8.83 Å². The number of fused-ring (bicyclic) bond motifs is 11. The summed E-state index contributed by atoms with van der Waals surface area (Å²) in [6.45, 7) is 0. The maximum Gasteiger partial charge on any atom is 0.135 e. The summed E-state index contributed by atoms with van der Waals surface area (Å²) >= 11 is 0. The van der Waals surface area contributed by atoms with Crippen LogP contribution in [0.25, 0.3) is 82.8 Å². The molecule has 0 saturated heterocycles. The van der Waals surface area contributed by atoms with Crippen LogP contribution < -0.4 is 4.90 Å². The maximum atomic E-state index is 6.64. The van der Waals surface area contributed by atoms with Crippen LogP contribution in [0, 0.1) is 5.92 Å². The molecule has 10 aromatic rings. The molecule has 8 aromatic carbocycles. The number of furan rings is 2. The third-order valence-electron chi connectivity index (χ3n) is 12.0. The maximum absolute atomic E-state index is 6.64. The molecule has 2 unspecified atom stereocenters. The van der Waals surface area contributed by atoms with E-state index in [0.29, 0.717) is 5.92 Å². The highest BCUT2D eigenvalue weighted by Gasteiger charge is 2.30. The fourth-order valence-electron chi connectivity index (χ4n) is 9.23. The summed E-state index contributed by atoms with van der Waals surface area (Å²) in [6.07, 6.45) is 13.4. The summed E-state index contributed by atoms with van der Waals surface area (Å²) in [6, 6.07) is 59.0. The first-order chi connectivity index (χ1) is 28.2. The van der Waals surface area contributed by atoms with Crippen molar-refractivity contribution in [2.24, 2.45) is 5.92 Å². The van der Waals surface area contributed by atoms with Gasteiger partial charge < -0.3 is 13.7 Å². The summed E-state index contributed by atoms with van der Waals surface area (Å²) in [5.41, 5.74) is 11.7. The molecule has 2 aliphatic carbocycles. The van der Waals surface area contributed by atoms with Gasteiger partial charge in [0.05, 0.1) is 0 Å². The van der Waals surface area contributed by atoms with Gasteiger partial charge in [-0.05, 0) is 104 Å². The van der Waals surface area contributed by atoms with E-state index in [0.717, 1.165) is 66.9 Å². The van der Waals surface area contributed by atoms with E-state index in [1.807, 2.05) is 12.1 Å². The number of benzene rings is 8. The predicted octanol–water partition coefficient (Wildman–Crippen LogP) is 15.3. The largest absolute Gasteiger partial charge is 0.460 e. The van der Waals surface area contributed by atoms with Gasteiger partial charge in [-0.3, -0.25) is 0 Å². The molecule has 0 saturated carbocycles. The van der Waals surface area contributed by atoms with Crippen molar-refractivity contribution >= 4 is 77.6 Å². The van der Waals surface area contributed by atoms with Gasteiger partial charge in [0.2, 0.25) is 0 Å². The Kier molecular flexibility index (Phi) is 7.05. The van der Waals surface area contributed by atoms with Crippen LogP contribution in [0.3, 0.4) is 0 Å². The number of anilines is 3. The van der Waals surface area contributed by atoms with Crippen LogP contribution in [0.15, 0.2) is 203 Å². The van der Waals surface area contributed by atoms with Gasteiger partial charge in [-0.1, -0.05) is 140 Å². The normalized spacial score (nSPS) is 15.9. The Bertz CT molecular complexity index is 3320. The zero-order chi connectivity index (χ0) is 37.5. The van der Waals surface area contributed by atoms with E-state index < -0.39 is 0 Å². The molecular weight excluding hydrogens is 695 g/mol. The van der Waals surface area contributed by atoms with Crippen molar-refractivity contribution in [3.8, 4) is 22.3 Å². The van der Waals surface area contributed by atoms with Gasteiger partial charge in [0.1, 0.15) is 22.5 Å². The van der Waals surface area contributed by atoms with Crippen LogP contribution in [0.2, 0.25) is 0 Å². The average molecular weight is 730 g/mol. The lowest BCUT2D eigenvalue weighted by Crippen LogP contribution is -2.11. The fraction of sp³-hybridized carbons (Fsp3) is 0.0370. The quantitative estimate of drug-likeness (QED) is 0.165. The second-order valence-electron chi connectivity index (χ2n) is 15.2. The molecule has 12 rings (SSSR count). The summed E-state index contributed by atoms with van der Waals surface area (Å²) in [5, 5.41) is 8.42. The second-order valence-corrected chi connectivity index (χ2v) is 15.2. The Morgan fingerprint density at radius 1 is 0.421 bits per heavy atom. The van der Waals surface area contributed by atoms with Gasteiger partial charge in [-0.2, -0.15) is 0 Å². The molecule has 0 spiro atoms. The molecule has 3 heteroatoms. The SMILES string of the molecule is C1=CC2C=Cc3c(oc4cccc(-c5cccc(N(c6ccc(-c7ccc8c(ccc9ccccc98)c7)cc6)c6ccc7oc8ccccc8c7c6)c5)c34)C2C=C1. The van der Waals surface area contributed by atoms with Crippen molar-refractivity contribution in [1.82, 2.24) is 0 Å². The van der Waals surface area contributed by atoms with Gasteiger partial charge in [-0.15, -0.1) is 0 Å². The molecule has 0 aliphatic heterocycles. The predicted molar refractivity (Wildman–Crippen MR) is 238 cm³/mol. The summed E-state index contributed by atoms with van der Waals surface area (Å²) < 4.78 is 12.9. The Morgan fingerprint density at radius 3 is 2.11 bits per heavy atom. The van der Waals surface area contributed by atoms with E-state index in [2.05, 4.69) is 193 Å². The molecule has 0 radical (unpaired) electrons. The Balaban J connectivity index is 0.989. The summed E-state index contributed by atoms with van der Waals surface area (Å²) in [4.78, 5) is 2.36. The third kappa shape index (κ3) is 5.13. The van der Waals surface area contributed by atoms with Crippen LogP contribution in [-0.4, -0.2) is 0 Å². The molecule has 2 atom stereocenters. The molecule has 268 valence electrons. The lowest BCUT2D eigenvalue weighted by Gasteiger charge is -2.26. The number of hydrogen-bond acceptors (Lipinski definition) is 3. The Labute approximate surface area is 329 Å². The number of hydrogen-bond donors (Lipinski definition) is 0. The van der Waals surface area contributed by atoms with E-state index in [-0.39, 0.29) is 5.92 Å². The topological polar surface area (TPSA) is 29.5 Å². The lowest BCUT2D eigenvalue weighted by atomic mass is 9.80. The van der Waals surface area contributed by atoms with E-state index >= 15 is 0 Å². The minimum absolute atomic E-state index is 0.212. The van der Waals surface area contributed by atoms with Gasteiger partial charge in [0.25, 0.3) is 0 Å². The number of para-hydroxylation sites is 1. The minimum atomic E-state index is 0.212.